The van der Waals surface area contributed by atoms with Crippen LogP contribution in [0.15, 0.2) is 76.7 Å². The van der Waals surface area contributed by atoms with Gasteiger partial charge in [0, 0.05) is 36.0 Å². The number of rotatable bonds is 8. The first-order valence-corrected chi connectivity index (χ1v) is 17.4. The molecule has 0 spiro atoms. The highest BCUT2D eigenvalue weighted by Gasteiger charge is 2.51. The minimum Gasteiger partial charge on any atom is -0.480 e. The second kappa shape index (κ2) is 12.0. The molecule has 4 saturated carbocycles. The van der Waals surface area contributed by atoms with Crippen molar-refractivity contribution in [3.8, 4) is 0 Å². The second-order valence-corrected chi connectivity index (χ2v) is 15.3. The van der Waals surface area contributed by atoms with Gasteiger partial charge in [0.2, 0.25) is 5.13 Å². The van der Waals surface area contributed by atoms with Gasteiger partial charge in [-0.15, -0.1) is 0 Å². The van der Waals surface area contributed by atoms with Crippen LogP contribution < -0.4 is 11.1 Å². The van der Waals surface area contributed by atoms with Crippen molar-refractivity contribution < 1.29 is 10.2 Å². The number of aliphatic imine (C=N–C) groups is 1. The van der Waals surface area contributed by atoms with Crippen LogP contribution in [-0.2, 0) is 6.54 Å². The minimum atomic E-state index is -0.819. The third-order valence-corrected chi connectivity index (χ3v) is 11.6. The van der Waals surface area contributed by atoms with E-state index >= 15 is 0 Å². The summed E-state index contributed by atoms with van der Waals surface area (Å²) in [5, 5.41) is 38.2. The molecule has 4 aliphatic carbocycles. The molecule has 0 amide bonds. The number of aliphatic hydroxyl groups excluding tert-OH is 1. The van der Waals surface area contributed by atoms with E-state index in [1.54, 1.807) is 18.0 Å². The third kappa shape index (κ3) is 5.97. The van der Waals surface area contributed by atoms with Crippen molar-refractivity contribution in [3.05, 3.63) is 83.0 Å². The van der Waals surface area contributed by atoms with Crippen molar-refractivity contribution in [1.82, 2.24) is 25.0 Å². The summed E-state index contributed by atoms with van der Waals surface area (Å²) in [6.45, 7) is 6.99. The Morgan fingerprint density at radius 1 is 1.17 bits per heavy atom. The zero-order chi connectivity index (χ0) is 33.0. The summed E-state index contributed by atoms with van der Waals surface area (Å²) >= 11 is 1.47. The van der Waals surface area contributed by atoms with Crippen LogP contribution in [0.4, 0.5) is 5.13 Å². The Hall–Kier alpha value is -4.38. The first-order chi connectivity index (χ1) is 22.5. The van der Waals surface area contributed by atoms with Crippen LogP contribution in [0.25, 0.3) is 15.8 Å². The number of nitrogens with two attached hydrogens (primary N) is 1. The van der Waals surface area contributed by atoms with E-state index in [4.69, 9.17) is 16.2 Å². The molecule has 1 aromatic carbocycles. The number of allylic oxidation sites excluding steroid dienone is 3. The predicted octanol–water partition coefficient (Wildman–Crippen LogP) is 7.31. The van der Waals surface area contributed by atoms with Crippen molar-refractivity contribution >= 4 is 43.9 Å². The number of hydrogen-bond acceptors (Lipinski definition) is 8. The van der Waals surface area contributed by atoms with Gasteiger partial charge in [-0.2, -0.15) is 5.10 Å². The summed E-state index contributed by atoms with van der Waals surface area (Å²) in [5.74, 6) is 2.76. The maximum atomic E-state index is 10.4. The van der Waals surface area contributed by atoms with Gasteiger partial charge in [0.1, 0.15) is 23.2 Å². The van der Waals surface area contributed by atoms with Crippen molar-refractivity contribution in [2.24, 2.45) is 39.8 Å². The first-order valence-electron chi connectivity index (χ1n) is 16.6. The van der Waals surface area contributed by atoms with Crippen LogP contribution in [0.1, 0.15) is 63.6 Å². The van der Waals surface area contributed by atoms with Crippen molar-refractivity contribution in [1.29, 1.82) is 5.41 Å². The number of thiazole rings is 1. The number of amidine groups is 2. The Kier molecular flexibility index (Phi) is 7.98. The number of likely N-dealkylation sites (N-methyl/N-ethyl adjacent to an activating group) is 1. The van der Waals surface area contributed by atoms with E-state index < -0.39 is 5.95 Å². The zero-order valence-electron chi connectivity index (χ0n) is 27.5. The van der Waals surface area contributed by atoms with E-state index in [-0.39, 0.29) is 17.5 Å². The highest BCUT2D eigenvalue weighted by atomic mass is 32.1. The van der Waals surface area contributed by atoms with Gasteiger partial charge in [-0.05, 0) is 105 Å². The number of nitrogens with one attached hydrogen (secondary N) is 2. The molecule has 6 N–H and O–H groups in total. The predicted molar refractivity (Wildman–Crippen MR) is 188 cm³/mol. The standard InChI is InChI=1S/C36H44N8O2S/c1-20(2)26(33(38)42-35-40-28-7-5-6-8-29(28)47-35)14-30(37)43(4)31-10-9-25(32(41-31)34(45)46)27-18-39-44(21(27)3)19-36-15-22-11-23(16-36)13-24(12-22)17-36/h5-10,14,18,20,22-24,37,41,45-46H,11-13,15-17,19H2,1-4H3,(H2,38,40,42)/b26-14-,37-30?. The van der Waals surface area contributed by atoms with E-state index in [0.29, 0.717) is 33.3 Å². The van der Waals surface area contributed by atoms with Gasteiger partial charge in [0.05, 0.1) is 16.4 Å². The number of fused-ring (bicyclic) bond motifs is 1. The lowest BCUT2D eigenvalue weighted by atomic mass is 9.49. The van der Waals surface area contributed by atoms with Crippen LogP contribution >= 0.6 is 11.3 Å². The normalized spacial score (nSPS) is 25.6. The number of aliphatic hydroxyl groups is 2. The molecule has 5 aliphatic rings. The summed E-state index contributed by atoms with van der Waals surface area (Å²) in [4.78, 5) is 10.8. The molecule has 246 valence electrons. The van der Waals surface area contributed by atoms with Crippen molar-refractivity contribution in [2.45, 2.75) is 65.8 Å². The minimum absolute atomic E-state index is 0.00319. The van der Waals surface area contributed by atoms with Crippen LogP contribution in [-0.4, -0.2) is 48.6 Å². The van der Waals surface area contributed by atoms with Crippen molar-refractivity contribution in [3.63, 3.8) is 0 Å². The van der Waals surface area contributed by atoms with Gasteiger partial charge >= 0.3 is 0 Å². The number of para-hydroxylation sites is 1. The van der Waals surface area contributed by atoms with Gasteiger partial charge in [0.15, 0.2) is 0 Å². The van der Waals surface area contributed by atoms with E-state index in [9.17, 15) is 10.2 Å². The van der Waals surface area contributed by atoms with Gasteiger partial charge < -0.3 is 26.2 Å². The highest BCUT2D eigenvalue weighted by Crippen LogP contribution is 2.60. The quantitative estimate of drug-likeness (QED) is 0.0973. The van der Waals surface area contributed by atoms with E-state index in [2.05, 4.69) is 26.9 Å². The fourth-order valence-corrected chi connectivity index (χ4v) is 9.59. The number of hydrogen-bond donors (Lipinski definition) is 5. The highest BCUT2D eigenvalue weighted by molar-refractivity contribution is 7.22. The third-order valence-electron chi connectivity index (χ3n) is 10.6. The summed E-state index contributed by atoms with van der Waals surface area (Å²) in [5.41, 5.74) is 11.1. The molecule has 1 aliphatic heterocycles. The fourth-order valence-electron chi connectivity index (χ4n) is 8.74. The molecular weight excluding hydrogens is 609 g/mol. The molecule has 0 radical (unpaired) electrons. The van der Waals surface area contributed by atoms with Crippen LogP contribution in [0, 0.1) is 41.4 Å². The molecule has 0 saturated heterocycles. The molecule has 47 heavy (non-hydrogen) atoms. The van der Waals surface area contributed by atoms with Crippen LogP contribution in [0.3, 0.4) is 0 Å². The Balaban J connectivity index is 1.12. The molecule has 0 unspecified atom stereocenters. The van der Waals surface area contributed by atoms with Gasteiger partial charge in [0.25, 0.3) is 5.95 Å². The van der Waals surface area contributed by atoms with E-state index in [1.165, 1.54) is 49.9 Å². The Morgan fingerprint density at radius 3 is 2.49 bits per heavy atom. The maximum absolute atomic E-state index is 10.4. The Morgan fingerprint density at radius 2 is 1.85 bits per heavy atom. The SMILES string of the molecule is Cc1c(C2=CC=C(N(C)C(=N)/C=C(\C(N)=N/c3nc4ccccc4s3)C(C)C)NC2=C(O)O)cnn1CC12CC3CC(CC(C3)C1)C2. The average Bonchev–Trinajstić information content (AvgIpc) is 3.59. The lowest BCUT2D eigenvalue weighted by molar-refractivity contribution is -0.0638. The summed E-state index contributed by atoms with van der Waals surface area (Å²) < 4.78 is 3.17. The summed E-state index contributed by atoms with van der Waals surface area (Å²) in [6.07, 6.45) is 15.4. The number of benzene rings is 1. The molecule has 10 nitrogen and oxygen atoms in total. The Bertz CT molecular complexity index is 1820. The molecule has 3 heterocycles. The fraction of sp³-hybridized carbons (Fsp3) is 0.444. The van der Waals surface area contributed by atoms with Gasteiger partial charge in [-0.25, -0.2) is 9.98 Å². The lowest BCUT2D eigenvalue weighted by Gasteiger charge is -2.56. The molecule has 4 bridgehead atoms. The van der Waals surface area contributed by atoms with Crippen molar-refractivity contribution in [2.75, 3.05) is 7.05 Å². The second-order valence-electron chi connectivity index (χ2n) is 14.3. The monoisotopic (exact) mass is 652 g/mol. The molecule has 3 aromatic rings. The van der Waals surface area contributed by atoms with E-state index in [0.717, 1.165) is 45.8 Å². The molecular formula is C36H44N8O2S. The lowest BCUT2D eigenvalue weighted by Crippen LogP contribution is -2.48. The summed E-state index contributed by atoms with van der Waals surface area (Å²) in [7, 11) is 1.75. The maximum Gasteiger partial charge on any atom is 0.299 e. The number of dihydropyridines is 1. The largest absolute Gasteiger partial charge is 0.480 e. The average molecular weight is 653 g/mol. The molecule has 8 rings (SSSR count). The molecule has 0 atom stereocenters. The molecule has 4 fully saturated rings. The number of nitrogens with zero attached hydrogens (tertiary/aromatic N) is 5. The van der Waals surface area contributed by atoms with Crippen LogP contribution in [0.2, 0.25) is 0 Å². The smallest absolute Gasteiger partial charge is 0.299 e. The van der Waals surface area contributed by atoms with Crippen LogP contribution in [0.5, 0.6) is 0 Å². The zero-order valence-corrected chi connectivity index (χ0v) is 28.3. The first kappa shape index (κ1) is 31.2. The van der Waals surface area contributed by atoms with Gasteiger partial charge in [-0.1, -0.05) is 37.3 Å². The van der Waals surface area contributed by atoms with Gasteiger partial charge in [-0.3, -0.25) is 10.1 Å². The topological polar surface area (TPSA) is 149 Å². The summed E-state index contributed by atoms with van der Waals surface area (Å²) in [6, 6.07) is 7.85. The molecule has 2 aromatic heterocycles. The number of aromatic nitrogens is 3. The molecule has 11 heteroatoms. The Labute approximate surface area is 279 Å². The van der Waals surface area contributed by atoms with E-state index in [1.807, 2.05) is 56.5 Å².